The van der Waals surface area contributed by atoms with E-state index < -0.39 is 54.6 Å². The molecule has 0 aliphatic rings. The van der Waals surface area contributed by atoms with Crippen LogP contribution in [-0.4, -0.2) is 66.5 Å². The molecule has 1 aromatic carbocycles. The number of nitrogens with zero attached hydrogens (tertiary/aromatic N) is 1. The molecule has 0 saturated heterocycles. The maximum absolute atomic E-state index is 13.2. The average Bonchev–Trinajstić information content (AvgIpc) is 2.55. The van der Waals surface area contributed by atoms with Crippen LogP contribution in [0.4, 0.5) is 8.78 Å². The van der Waals surface area contributed by atoms with E-state index in [4.69, 9.17) is 5.11 Å². The van der Waals surface area contributed by atoms with Gasteiger partial charge in [-0.3, -0.25) is 4.79 Å². The first-order chi connectivity index (χ1) is 11.2. The number of H-pyrrole nitrogens is 1. The highest BCUT2D eigenvalue weighted by molar-refractivity contribution is 5.74. The predicted molar refractivity (Wildman–Crippen MR) is 77.1 cm³/mol. The number of aliphatic hydroxyl groups is 5. The van der Waals surface area contributed by atoms with E-state index in [1.807, 2.05) is 0 Å². The van der Waals surface area contributed by atoms with Crippen LogP contribution in [0.15, 0.2) is 16.9 Å². The number of fused-ring (bicyclic) bond motifs is 1. The van der Waals surface area contributed by atoms with Gasteiger partial charge in [-0.25, -0.2) is 13.8 Å². The molecule has 132 valence electrons. The van der Waals surface area contributed by atoms with Crippen LogP contribution >= 0.6 is 0 Å². The van der Waals surface area contributed by atoms with Gasteiger partial charge in [0.25, 0.3) is 5.56 Å². The van der Waals surface area contributed by atoms with Gasteiger partial charge in [-0.2, -0.15) is 0 Å². The van der Waals surface area contributed by atoms with Crippen LogP contribution in [-0.2, 0) is 6.42 Å². The summed E-state index contributed by atoms with van der Waals surface area (Å²) in [6.07, 6.45) is -7.63. The first kappa shape index (κ1) is 18.4. The molecule has 0 radical (unpaired) electrons. The van der Waals surface area contributed by atoms with Crippen molar-refractivity contribution in [2.75, 3.05) is 6.61 Å². The predicted octanol–water partition coefficient (Wildman–Crippen LogP) is -1.82. The molecule has 1 aromatic heterocycles. The van der Waals surface area contributed by atoms with Gasteiger partial charge < -0.3 is 30.5 Å². The van der Waals surface area contributed by atoms with E-state index in [9.17, 15) is 34.0 Å². The number of hydrogen-bond acceptors (Lipinski definition) is 7. The Hall–Kier alpha value is -1.98. The number of aromatic amines is 1. The van der Waals surface area contributed by atoms with Crippen LogP contribution in [0, 0.1) is 11.6 Å². The number of rotatable bonds is 6. The first-order valence-electron chi connectivity index (χ1n) is 6.95. The zero-order chi connectivity index (χ0) is 18.0. The highest BCUT2D eigenvalue weighted by Gasteiger charge is 2.30. The van der Waals surface area contributed by atoms with Crippen molar-refractivity contribution in [3.8, 4) is 0 Å². The Kier molecular flexibility index (Phi) is 5.57. The monoisotopic (exact) mass is 346 g/mol. The lowest BCUT2D eigenvalue weighted by Crippen LogP contribution is -2.47. The minimum atomic E-state index is -1.87. The molecule has 0 aliphatic heterocycles. The van der Waals surface area contributed by atoms with Gasteiger partial charge in [-0.15, -0.1) is 0 Å². The van der Waals surface area contributed by atoms with Crippen molar-refractivity contribution in [2.45, 2.75) is 30.8 Å². The van der Waals surface area contributed by atoms with Gasteiger partial charge in [0.1, 0.15) is 24.0 Å². The molecule has 0 aliphatic carbocycles. The number of aliphatic hydroxyl groups excluding tert-OH is 5. The van der Waals surface area contributed by atoms with Gasteiger partial charge in [-0.05, 0) is 0 Å². The lowest BCUT2D eigenvalue weighted by Gasteiger charge is -2.25. The van der Waals surface area contributed by atoms with Gasteiger partial charge in [0, 0.05) is 18.6 Å². The third kappa shape index (κ3) is 3.74. The first-order valence-corrected chi connectivity index (χ1v) is 6.95. The molecule has 2 rings (SSSR count). The summed E-state index contributed by atoms with van der Waals surface area (Å²) in [5.74, 6) is -2.33. The molecule has 4 atom stereocenters. The zero-order valence-corrected chi connectivity index (χ0v) is 12.2. The number of benzene rings is 1. The fourth-order valence-corrected chi connectivity index (χ4v) is 2.14. The van der Waals surface area contributed by atoms with Crippen molar-refractivity contribution in [1.82, 2.24) is 9.97 Å². The quantitative estimate of drug-likeness (QED) is 0.361. The molecule has 24 heavy (non-hydrogen) atoms. The standard InChI is InChI=1S/C14H16F2N2O6/c15-5-1-7-8(2-6(5)16)18-14(24)9(17-7)3-10(20)12(22)13(23)11(21)4-19/h1-2,10-13,19-23H,3-4H2,(H,18,24)/t10-,11-,12-,13?/m1/s1. The molecule has 8 nitrogen and oxygen atoms in total. The lowest BCUT2D eigenvalue weighted by molar-refractivity contribution is -0.114. The summed E-state index contributed by atoms with van der Waals surface area (Å²) in [5, 5.41) is 47.0. The summed E-state index contributed by atoms with van der Waals surface area (Å²) < 4.78 is 26.3. The Morgan fingerprint density at radius 2 is 1.62 bits per heavy atom. The van der Waals surface area contributed by atoms with Crippen molar-refractivity contribution < 1.29 is 34.3 Å². The van der Waals surface area contributed by atoms with Crippen LogP contribution in [0.2, 0.25) is 0 Å². The van der Waals surface area contributed by atoms with Crippen LogP contribution in [0.1, 0.15) is 5.69 Å². The number of halogens is 2. The summed E-state index contributed by atoms with van der Waals surface area (Å²) in [6, 6.07) is 1.52. The Morgan fingerprint density at radius 3 is 2.25 bits per heavy atom. The zero-order valence-electron chi connectivity index (χ0n) is 12.2. The van der Waals surface area contributed by atoms with E-state index in [1.165, 1.54) is 0 Å². The highest BCUT2D eigenvalue weighted by Crippen LogP contribution is 2.15. The van der Waals surface area contributed by atoms with E-state index in [0.717, 1.165) is 12.1 Å². The van der Waals surface area contributed by atoms with Crippen molar-refractivity contribution >= 4 is 11.0 Å². The maximum atomic E-state index is 13.2. The second-order valence-electron chi connectivity index (χ2n) is 5.30. The van der Waals surface area contributed by atoms with Crippen LogP contribution < -0.4 is 5.56 Å². The largest absolute Gasteiger partial charge is 0.394 e. The maximum Gasteiger partial charge on any atom is 0.270 e. The Balaban J connectivity index is 2.27. The average molecular weight is 346 g/mol. The second-order valence-corrected chi connectivity index (χ2v) is 5.30. The van der Waals surface area contributed by atoms with Crippen molar-refractivity contribution in [3.63, 3.8) is 0 Å². The second kappa shape index (κ2) is 7.28. The van der Waals surface area contributed by atoms with Crippen molar-refractivity contribution in [2.24, 2.45) is 0 Å². The number of nitrogens with one attached hydrogen (secondary N) is 1. The molecule has 2 aromatic rings. The van der Waals surface area contributed by atoms with Gasteiger partial charge in [0.05, 0.1) is 23.7 Å². The molecule has 0 fully saturated rings. The van der Waals surface area contributed by atoms with E-state index in [-0.39, 0.29) is 16.7 Å². The fourth-order valence-electron chi connectivity index (χ4n) is 2.14. The Labute approximate surface area is 133 Å². The van der Waals surface area contributed by atoms with Crippen molar-refractivity contribution in [3.05, 3.63) is 39.8 Å². The van der Waals surface area contributed by atoms with Crippen molar-refractivity contribution in [1.29, 1.82) is 0 Å². The molecular formula is C14H16F2N2O6. The molecular weight excluding hydrogens is 330 g/mol. The highest BCUT2D eigenvalue weighted by atomic mass is 19.2. The molecule has 1 heterocycles. The summed E-state index contributed by atoms with van der Waals surface area (Å²) >= 11 is 0. The van der Waals surface area contributed by atoms with Gasteiger partial charge >= 0.3 is 0 Å². The Morgan fingerprint density at radius 1 is 1.04 bits per heavy atom. The lowest BCUT2D eigenvalue weighted by atomic mass is 10.00. The van der Waals surface area contributed by atoms with E-state index in [0.29, 0.717) is 0 Å². The van der Waals surface area contributed by atoms with Crippen LogP contribution in [0.5, 0.6) is 0 Å². The summed E-state index contributed by atoms with van der Waals surface area (Å²) in [4.78, 5) is 17.9. The normalized spacial score (nSPS) is 16.8. The smallest absolute Gasteiger partial charge is 0.270 e. The molecule has 0 saturated carbocycles. The van der Waals surface area contributed by atoms with Crippen LogP contribution in [0.25, 0.3) is 11.0 Å². The third-order valence-corrected chi connectivity index (χ3v) is 3.53. The summed E-state index contributed by atoms with van der Waals surface area (Å²) in [6.45, 7) is -0.843. The molecule has 6 N–H and O–H groups in total. The molecule has 0 amide bonds. The van der Waals surface area contributed by atoms with Gasteiger partial charge in [-0.1, -0.05) is 0 Å². The number of hydrogen-bond donors (Lipinski definition) is 6. The van der Waals surface area contributed by atoms with E-state index in [2.05, 4.69) is 9.97 Å². The third-order valence-electron chi connectivity index (χ3n) is 3.53. The minimum Gasteiger partial charge on any atom is -0.394 e. The van der Waals surface area contributed by atoms with Gasteiger partial charge in [0.15, 0.2) is 11.6 Å². The topological polar surface area (TPSA) is 147 Å². The SMILES string of the molecule is O=c1[nH]c2cc(F)c(F)cc2nc1C[C@@H](O)[C@@H](O)C(O)[C@H](O)CO. The minimum absolute atomic E-state index is 0.0478. The molecule has 0 spiro atoms. The molecule has 0 bridgehead atoms. The number of aromatic nitrogens is 2. The van der Waals surface area contributed by atoms with E-state index in [1.54, 1.807) is 0 Å². The Bertz CT molecular complexity index is 784. The van der Waals surface area contributed by atoms with E-state index >= 15 is 0 Å². The fraction of sp³-hybridized carbons (Fsp3) is 0.429. The summed E-state index contributed by atoms with van der Waals surface area (Å²) in [7, 11) is 0. The van der Waals surface area contributed by atoms with Crippen LogP contribution in [0.3, 0.4) is 0 Å². The van der Waals surface area contributed by atoms with Gasteiger partial charge in [0.2, 0.25) is 0 Å². The molecule has 1 unspecified atom stereocenters. The molecule has 10 heteroatoms. The summed E-state index contributed by atoms with van der Waals surface area (Å²) in [5.41, 5.74) is -1.20.